The first-order chi connectivity index (χ1) is 11.5. The second-order valence-electron chi connectivity index (χ2n) is 4.86. The predicted molar refractivity (Wildman–Crippen MR) is 93.0 cm³/mol. The number of pyridine rings is 2. The zero-order valence-electron chi connectivity index (χ0n) is 12.7. The second kappa shape index (κ2) is 6.62. The van der Waals surface area contributed by atoms with Gasteiger partial charge in [-0.1, -0.05) is 11.6 Å². The first-order valence-corrected chi connectivity index (χ1v) is 9.02. The Labute approximate surface area is 144 Å². The van der Waals surface area contributed by atoms with E-state index in [1.54, 1.807) is 30.5 Å². The van der Waals surface area contributed by atoms with Crippen LogP contribution in [0.2, 0.25) is 5.02 Å². The number of aromatic nitrogens is 2. The summed E-state index contributed by atoms with van der Waals surface area (Å²) in [5.41, 5.74) is 0.492. The Balaban J connectivity index is 2.08. The summed E-state index contributed by atoms with van der Waals surface area (Å²) in [4.78, 5) is 8.30. The summed E-state index contributed by atoms with van der Waals surface area (Å²) < 4.78 is 33.4. The maximum absolute atomic E-state index is 12.7. The fourth-order valence-electron chi connectivity index (χ4n) is 2.26. The lowest BCUT2D eigenvalue weighted by atomic mass is 10.2. The highest BCUT2D eigenvalue weighted by Crippen LogP contribution is 2.30. The van der Waals surface area contributed by atoms with E-state index in [4.69, 9.17) is 16.3 Å². The lowest BCUT2D eigenvalue weighted by molar-refractivity contribution is 0.343. The number of anilines is 1. The molecule has 0 fully saturated rings. The van der Waals surface area contributed by atoms with Crippen molar-refractivity contribution in [2.24, 2.45) is 0 Å². The van der Waals surface area contributed by atoms with Gasteiger partial charge in [0, 0.05) is 17.8 Å². The summed E-state index contributed by atoms with van der Waals surface area (Å²) in [5.74, 6) is 0.724. The lowest BCUT2D eigenvalue weighted by Crippen LogP contribution is -2.14. The van der Waals surface area contributed by atoms with Crippen molar-refractivity contribution in [3.8, 4) is 5.75 Å². The van der Waals surface area contributed by atoms with Gasteiger partial charge in [0.05, 0.1) is 16.5 Å². The molecule has 0 radical (unpaired) electrons. The number of sulfonamides is 1. The number of hydrogen-bond acceptors (Lipinski definition) is 5. The zero-order chi connectivity index (χ0) is 17.2. The first-order valence-electron chi connectivity index (χ1n) is 7.16. The Bertz CT molecular complexity index is 976. The van der Waals surface area contributed by atoms with E-state index in [9.17, 15) is 8.42 Å². The van der Waals surface area contributed by atoms with Crippen molar-refractivity contribution < 1.29 is 13.2 Å². The van der Waals surface area contributed by atoms with Gasteiger partial charge in [0.1, 0.15) is 17.1 Å². The van der Waals surface area contributed by atoms with E-state index in [0.29, 0.717) is 28.3 Å². The molecule has 0 amide bonds. The molecule has 0 atom stereocenters. The Morgan fingerprint density at radius 3 is 2.71 bits per heavy atom. The molecule has 0 spiro atoms. The molecule has 3 rings (SSSR count). The van der Waals surface area contributed by atoms with Crippen molar-refractivity contribution in [3.05, 3.63) is 53.8 Å². The van der Waals surface area contributed by atoms with Crippen LogP contribution in [0.25, 0.3) is 10.9 Å². The highest BCUT2D eigenvalue weighted by molar-refractivity contribution is 7.93. The second-order valence-corrected chi connectivity index (χ2v) is 6.95. The lowest BCUT2D eigenvalue weighted by Gasteiger charge is -2.12. The molecule has 0 saturated heterocycles. The third-order valence-corrected chi connectivity index (χ3v) is 4.88. The van der Waals surface area contributed by atoms with Gasteiger partial charge in [0.2, 0.25) is 0 Å². The van der Waals surface area contributed by atoms with Crippen molar-refractivity contribution in [1.82, 2.24) is 9.97 Å². The van der Waals surface area contributed by atoms with Crippen molar-refractivity contribution >= 4 is 38.3 Å². The Morgan fingerprint density at radius 2 is 2.00 bits per heavy atom. The fourth-order valence-corrected chi connectivity index (χ4v) is 3.57. The minimum absolute atomic E-state index is 0.103. The van der Waals surface area contributed by atoms with Crippen LogP contribution in [0.1, 0.15) is 6.92 Å². The van der Waals surface area contributed by atoms with Crippen LogP contribution in [0.4, 0.5) is 5.82 Å². The molecule has 24 heavy (non-hydrogen) atoms. The summed E-state index contributed by atoms with van der Waals surface area (Å²) in [5, 5.41) is 0.901. The summed E-state index contributed by atoms with van der Waals surface area (Å²) in [6.07, 6.45) is 2.96. The van der Waals surface area contributed by atoms with Crippen molar-refractivity contribution in [3.63, 3.8) is 0 Å². The molecule has 0 saturated carbocycles. The molecule has 1 N–H and O–H groups in total. The van der Waals surface area contributed by atoms with E-state index in [2.05, 4.69) is 14.7 Å². The largest absolute Gasteiger partial charge is 0.492 e. The van der Waals surface area contributed by atoms with Gasteiger partial charge >= 0.3 is 0 Å². The number of ether oxygens (including phenoxy) is 1. The van der Waals surface area contributed by atoms with Gasteiger partial charge in [-0.2, -0.15) is 0 Å². The topological polar surface area (TPSA) is 81.2 Å². The number of halogens is 1. The van der Waals surface area contributed by atoms with E-state index in [1.807, 2.05) is 6.92 Å². The molecule has 0 unspecified atom stereocenters. The van der Waals surface area contributed by atoms with Crippen LogP contribution in [0.5, 0.6) is 5.75 Å². The molecule has 2 aromatic heterocycles. The van der Waals surface area contributed by atoms with Crippen LogP contribution in [0.15, 0.2) is 53.7 Å². The molecule has 2 heterocycles. The molecule has 3 aromatic rings. The number of fused-ring (bicyclic) bond motifs is 1. The summed E-state index contributed by atoms with van der Waals surface area (Å²) in [7, 11) is -3.84. The molecule has 124 valence electrons. The summed E-state index contributed by atoms with van der Waals surface area (Å²) in [6, 6.07) is 9.52. The van der Waals surface area contributed by atoms with Crippen LogP contribution in [0.3, 0.4) is 0 Å². The monoisotopic (exact) mass is 363 g/mol. The van der Waals surface area contributed by atoms with Gasteiger partial charge in [-0.25, -0.2) is 13.4 Å². The van der Waals surface area contributed by atoms with Crippen LogP contribution >= 0.6 is 11.6 Å². The summed E-state index contributed by atoms with van der Waals surface area (Å²) >= 11 is 5.76. The van der Waals surface area contributed by atoms with Gasteiger partial charge in [-0.15, -0.1) is 0 Å². The minimum atomic E-state index is -3.84. The van der Waals surface area contributed by atoms with Gasteiger partial charge in [-0.05, 0) is 43.3 Å². The van der Waals surface area contributed by atoms with Gasteiger partial charge in [0.15, 0.2) is 0 Å². The van der Waals surface area contributed by atoms with E-state index < -0.39 is 10.0 Å². The average molecular weight is 364 g/mol. The Morgan fingerprint density at radius 1 is 1.17 bits per heavy atom. The van der Waals surface area contributed by atoms with E-state index in [-0.39, 0.29) is 10.7 Å². The van der Waals surface area contributed by atoms with Crippen molar-refractivity contribution in [1.29, 1.82) is 0 Å². The zero-order valence-corrected chi connectivity index (χ0v) is 14.3. The number of nitrogens with one attached hydrogen (secondary N) is 1. The molecule has 6 nitrogen and oxygen atoms in total. The highest BCUT2D eigenvalue weighted by atomic mass is 35.5. The third-order valence-electron chi connectivity index (χ3n) is 3.25. The predicted octanol–water partition coefficient (Wildman–Crippen LogP) is 3.48. The van der Waals surface area contributed by atoms with Crippen LogP contribution in [0, 0.1) is 0 Å². The first kappa shape index (κ1) is 16.5. The molecular weight excluding hydrogens is 350 g/mol. The summed E-state index contributed by atoms with van der Waals surface area (Å²) in [6.45, 7) is 2.32. The maximum Gasteiger partial charge on any atom is 0.263 e. The quantitative estimate of drug-likeness (QED) is 0.750. The highest BCUT2D eigenvalue weighted by Gasteiger charge is 2.20. The number of rotatable bonds is 5. The van der Waals surface area contributed by atoms with Gasteiger partial charge in [0.25, 0.3) is 10.0 Å². The number of nitrogens with zero attached hydrogens (tertiary/aromatic N) is 2. The maximum atomic E-state index is 12.7. The SMILES string of the molecule is CCOc1ccc(S(=O)(=O)Nc2ccc(Cl)cn2)c2cccnc12. The number of hydrogen-bond donors (Lipinski definition) is 1. The van der Waals surface area contributed by atoms with Crippen LogP contribution in [-0.4, -0.2) is 25.0 Å². The molecule has 8 heteroatoms. The normalized spacial score (nSPS) is 11.4. The average Bonchev–Trinajstić information content (AvgIpc) is 2.57. The molecule has 0 aliphatic heterocycles. The molecule has 0 bridgehead atoms. The van der Waals surface area contributed by atoms with Gasteiger partial charge in [-0.3, -0.25) is 9.71 Å². The van der Waals surface area contributed by atoms with E-state index in [1.165, 1.54) is 18.3 Å². The smallest absolute Gasteiger partial charge is 0.263 e. The van der Waals surface area contributed by atoms with Crippen LogP contribution in [-0.2, 0) is 10.0 Å². The van der Waals surface area contributed by atoms with E-state index >= 15 is 0 Å². The van der Waals surface area contributed by atoms with Crippen molar-refractivity contribution in [2.45, 2.75) is 11.8 Å². The molecule has 0 aliphatic rings. The Kier molecular flexibility index (Phi) is 4.55. The fraction of sp³-hybridized carbons (Fsp3) is 0.125. The van der Waals surface area contributed by atoms with Crippen molar-refractivity contribution in [2.75, 3.05) is 11.3 Å². The molecular formula is C16H14ClN3O3S. The third kappa shape index (κ3) is 3.27. The van der Waals surface area contributed by atoms with E-state index in [0.717, 1.165) is 0 Å². The number of benzene rings is 1. The van der Waals surface area contributed by atoms with Crippen LogP contribution < -0.4 is 9.46 Å². The molecule has 0 aliphatic carbocycles. The molecule has 1 aromatic carbocycles. The van der Waals surface area contributed by atoms with Gasteiger partial charge < -0.3 is 4.74 Å². The standard InChI is InChI=1S/C16H14ClN3O3S/c1-2-23-13-6-7-14(12-4-3-9-18-16(12)13)24(21,22)20-15-8-5-11(17)10-19-15/h3-10H,2H2,1H3,(H,19,20). The Hall–Kier alpha value is -2.38. The minimum Gasteiger partial charge on any atom is -0.492 e.